The number of ether oxygens (including phenoxy) is 1. The SMILES string of the molecule is COC(=O)/C(Cl)=C\C(C)C. The predicted octanol–water partition coefficient (Wildman–Crippen LogP) is 1.94. The van der Waals surface area contributed by atoms with Crippen molar-refractivity contribution in [3.05, 3.63) is 11.1 Å². The lowest BCUT2D eigenvalue weighted by Gasteiger charge is -1.97. The fourth-order valence-corrected chi connectivity index (χ4v) is 0.787. The lowest BCUT2D eigenvalue weighted by molar-refractivity contribution is -0.135. The third kappa shape index (κ3) is 3.51. The monoisotopic (exact) mass is 162 g/mol. The fourth-order valence-electron chi connectivity index (χ4n) is 0.458. The molecule has 0 atom stereocenters. The van der Waals surface area contributed by atoms with Crippen LogP contribution < -0.4 is 0 Å². The maximum Gasteiger partial charge on any atom is 0.349 e. The Balaban J connectivity index is 4.05. The molecule has 0 radical (unpaired) electrons. The van der Waals surface area contributed by atoms with Gasteiger partial charge in [0.05, 0.1) is 7.11 Å². The van der Waals surface area contributed by atoms with Crippen LogP contribution in [0.5, 0.6) is 0 Å². The number of carbonyl (C=O) groups excluding carboxylic acids is 1. The van der Waals surface area contributed by atoms with Crippen LogP contribution in [0.1, 0.15) is 13.8 Å². The molecule has 0 aliphatic carbocycles. The average Bonchev–Trinajstić information content (AvgIpc) is 1.85. The Morgan fingerprint density at radius 3 is 2.40 bits per heavy atom. The van der Waals surface area contributed by atoms with Crippen LogP contribution in [0.25, 0.3) is 0 Å². The number of carbonyl (C=O) groups is 1. The van der Waals surface area contributed by atoms with Gasteiger partial charge in [-0.05, 0) is 5.92 Å². The smallest absolute Gasteiger partial charge is 0.349 e. The summed E-state index contributed by atoms with van der Waals surface area (Å²) >= 11 is 5.51. The first kappa shape index (κ1) is 9.50. The number of rotatable bonds is 2. The molecule has 0 saturated heterocycles. The van der Waals surface area contributed by atoms with Crippen LogP contribution in [-0.4, -0.2) is 13.1 Å². The maximum atomic E-state index is 10.6. The molecule has 0 aromatic rings. The van der Waals surface area contributed by atoms with E-state index in [9.17, 15) is 4.79 Å². The van der Waals surface area contributed by atoms with Crippen LogP contribution in [0.3, 0.4) is 0 Å². The van der Waals surface area contributed by atoms with Gasteiger partial charge in [0, 0.05) is 0 Å². The lowest BCUT2D eigenvalue weighted by Crippen LogP contribution is -2.00. The van der Waals surface area contributed by atoms with Crippen molar-refractivity contribution in [3.63, 3.8) is 0 Å². The Labute approximate surface area is 65.8 Å². The molecule has 0 rings (SSSR count). The Kier molecular flexibility index (Phi) is 4.12. The Hall–Kier alpha value is -0.500. The first-order valence-corrected chi connectivity index (χ1v) is 3.41. The molecule has 0 spiro atoms. The summed E-state index contributed by atoms with van der Waals surface area (Å²) in [5, 5.41) is 0.150. The minimum absolute atomic E-state index is 0.150. The number of methoxy groups -OCH3 is 1. The van der Waals surface area contributed by atoms with Crippen molar-refractivity contribution in [3.8, 4) is 0 Å². The molecule has 58 valence electrons. The van der Waals surface area contributed by atoms with Crippen molar-refractivity contribution in [2.45, 2.75) is 13.8 Å². The van der Waals surface area contributed by atoms with E-state index in [1.165, 1.54) is 7.11 Å². The molecular weight excluding hydrogens is 152 g/mol. The fraction of sp³-hybridized carbons (Fsp3) is 0.571. The molecule has 2 nitrogen and oxygen atoms in total. The van der Waals surface area contributed by atoms with Crippen molar-refractivity contribution in [1.29, 1.82) is 0 Å². The second-order valence-electron chi connectivity index (χ2n) is 2.25. The normalized spacial score (nSPS) is 11.9. The number of hydrogen-bond donors (Lipinski definition) is 0. The van der Waals surface area contributed by atoms with E-state index in [0.29, 0.717) is 0 Å². The van der Waals surface area contributed by atoms with Gasteiger partial charge in [0.15, 0.2) is 0 Å². The summed E-state index contributed by atoms with van der Waals surface area (Å²) in [5.74, 6) is -0.207. The van der Waals surface area contributed by atoms with Gasteiger partial charge in [-0.15, -0.1) is 0 Å². The summed E-state index contributed by atoms with van der Waals surface area (Å²) in [4.78, 5) is 10.6. The van der Waals surface area contributed by atoms with E-state index in [2.05, 4.69) is 4.74 Å². The third-order valence-electron chi connectivity index (χ3n) is 0.860. The molecule has 0 unspecified atom stereocenters. The topological polar surface area (TPSA) is 26.3 Å². The largest absolute Gasteiger partial charge is 0.465 e. The second kappa shape index (κ2) is 4.34. The van der Waals surface area contributed by atoms with E-state index < -0.39 is 5.97 Å². The molecule has 0 N–H and O–H groups in total. The third-order valence-corrected chi connectivity index (χ3v) is 1.14. The molecule has 0 amide bonds. The van der Waals surface area contributed by atoms with E-state index in [1.54, 1.807) is 6.08 Å². The first-order chi connectivity index (χ1) is 4.57. The maximum absolute atomic E-state index is 10.6. The van der Waals surface area contributed by atoms with E-state index in [4.69, 9.17) is 11.6 Å². The van der Waals surface area contributed by atoms with Crippen molar-refractivity contribution < 1.29 is 9.53 Å². The van der Waals surface area contributed by atoms with Gasteiger partial charge in [0.25, 0.3) is 0 Å². The summed E-state index contributed by atoms with van der Waals surface area (Å²) < 4.78 is 4.37. The molecule has 3 heteroatoms. The summed E-state index contributed by atoms with van der Waals surface area (Å²) in [6.45, 7) is 3.87. The van der Waals surface area contributed by atoms with Crippen molar-refractivity contribution in [2.24, 2.45) is 5.92 Å². The van der Waals surface area contributed by atoms with Crippen molar-refractivity contribution in [2.75, 3.05) is 7.11 Å². The minimum atomic E-state index is -0.477. The van der Waals surface area contributed by atoms with E-state index >= 15 is 0 Å². The van der Waals surface area contributed by atoms with Gasteiger partial charge < -0.3 is 4.74 Å². The van der Waals surface area contributed by atoms with Gasteiger partial charge in [0.2, 0.25) is 0 Å². The van der Waals surface area contributed by atoms with E-state index in [1.807, 2.05) is 13.8 Å². The highest BCUT2D eigenvalue weighted by Crippen LogP contribution is 2.07. The zero-order valence-electron chi connectivity index (χ0n) is 6.35. The first-order valence-electron chi connectivity index (χ1n) is 3.03. The molecule has 0 saturated carbocycles. The van der Waals surface area contributed by atoms with Gasteiger partial charge >= 0.3 is 5.97 Å². The number of hydrogen-bond acceptors (Lipinski definition) is 2. The molecule has 0 aromatic carbocycles. The van der Waals surface area contributed by atoms with E-state index in [0.717, 1.165) is 0 Å². The van der Waals surface area contributed by atoms with Gasteiger partial charge in [-0.1, -0.05) is 31.5 Å². The molecule has 0 aliphatic rings. The van der Waals surface area contributed by atoms with Crippen molar-refractivity contribution in [1.82, 2.24) is 0 Å². The van der Waals surface area contributed by atoms with Crippen LogP contribution >= 0.6 is 11.6 Å². The zero-order valence-corrected chi connectivity index (χ0v) is 7.11. The van der Waals surface area contributed by atoms with Gasteiger partial charge in [0.1, 0.15) is 5.03 Å². The highest BCUT2D eigenvalue weighted by molar-refractivity contribution is 6.41. The second-order valence-corrected chi connectivity index (χ2v) is 2.66. The number of esters is 1. The molecule has 0 heterocycles. The standard InChI is InChI=1S/C7H11ClO2/c1-5(2)4-6(8)7(9)10-3/h4-5H,1-3H3/b6-4+. The van der Waals surface area contributed by atoms with Crippen LogP contribution in [0.2, 0.25) is 0 Å². The molecule has 0 aliphatic heterocycles. The molecule has 0 bridgehead atoms. The average molecular weight is 163 g/mol. The molecule has 10 heavy (non-hydrogen) atoms. The summed E-state index contributed by atoms with van der Waals surface area (Å²) in [5.41, 5.74) is 0. The zero-order chi connectivity index (χ0) is 8.15. The Morgan fingerprint density at radius 1 is 1.60 bits per heavy atom. The van der Waals surface area contributed by atoms with E-state index in [-0.39, 0.29) is 11.0 Å². The van der Waals surface area contributed by atoms with Gasteiger partial charge in [-0.2, -0.15) is 0 Å². The number of allylic oxidation sites excluding steroid dienone is 1. The van der Waals surface area contributed by atoms with Crippen molar-refractivity contribution >= 4 is 17.6 Å². The van der Waals surface area contributed by atoms with Crippen LogP contribution in [0, 0.1) is 5.92 Å². The van der Waals surface area contributed by atoms with Gasteiger partial charge in [-0.3, -0.25) is 0 Å². The summed E-state index contributed by atoms with van der Waals surface area (Å²) in [6.07, 6.45) is 1.65. The minimum Gasteiger partial charge on any atom is -0.465 e. The molecular formula is C7H11ClO2. The molecule has 0 fully saturated rings. The van der Waals surface area contributed by atoms with Crippen LogP contribution in [0.4, 0.5) is 0 Å². The van der Waals surface area contributed by atoms with Gasteiger partial charge in [-0.25, -0.2) is 4.79 Å². The quantitative estimate of drug-likeness (QED) is 0.458. The molecule has 0 aromatic heterocycles. The predicted molar refractivity (Wildman–Crippen MR) is 40.8 cm³/mol. The van der Waals surface area contributed by atoms with Crippen LogP contribution in [-0.2, 0) is 9.53 Å². The number of halogens is 1. The Morgan fingerprint density at radius 2 is 2.10 bits per heavy atom. The summed E-state index contributed by atoms with van der Waals surface area (Å²) in [7, 11) is 1.30. The van der Waals surface area contributed by atoms with Crippen LogP contribution in [0.15, 0.2) is 11.1 Å². The Bertz CT molecular complexity index is 150. The lowest BCUT2D eigenvalue weighted by atomic mass is 10.2. The summed E-state index contributed by atoms with van der Waals surface area (Å²) in [6, 6.07) is 0. The highest BCUT2D eigenvalue weighted by Gasteiger charge is 2.05. The highest BCUT2D eigenvalue weighted by atomic mass is 35.5.